The minimum Gasteiger partial charge on any atom is -0.376 e. The third-order valence-corrected chi connectivity index (χ3v) is 1.52. The van der Waals surface area contributed by atoms with Gasteiger partial charge in [-0.1, -0.05) is 0 Å². The molecule has 1 unspecified atom stereocenters. The average Bonchev–Trinajstić information content (AvgIpc) is 1.99. The van der Waals surface area contributed by atoms with Crippen LogP contribution in [0.3, 0.4) is 0 Å². The molecule has 1 atom stereocenters. The molecule has 0 aliphatic carbocycles. The van der Waals surface area contributed by atoms with Gasteiger partial charge in [0.15, 0.2) is 0 Å². The Kier molecular flexibility index (Phi) is 2.19. The Bertz CT molecular complexity index is 114. The highest BCUT2D eigenvalue weighted by atomic mass is 16.3. The summed E-state index contributed by atoms with van der Waals surface area (Å²) >= 11 is 0. The Hall–Kier alpha value is -0.410. The molecule has 1 rings (SSSR count). The fourth-order valence-corrected chi connectivity index (χ4v) is 0.810. The van der Waals surface area contributed by atoms with Crippen molar-refractivity contribution in [2.24, 2.45) is 4.99 Å². The van der Waals surface area contributed by atoms with Crippen molar-refractivity contribution in [2.75, 3.05) is 20.1 Å². The van der Waals surface area contributed by atoms with Crippen molar-refractivity contribution < 1.29 is 5.11 Å². The van der Waals surface area contributed by atoms with Crippen LogP contribution in [0.5, 0.6) is 0 Å². The number of rotatable bonds is 0. The summed E-state index contributed by atoms with van der Waals surface area (Å²) in [7, 11) is 1.90. The molecule has 52 valence electrons. The van der Waals surface area contributed by atoms with Crippen LogP contribution in [0, 0.1) is 0 Å². The topological polar surface area (TPSA) is 35.8 Å². The zero-order valence-corrected chi connectivity index (χ0v) is 5.62. The van der Waals surface area contributed by atoms with Gasteiger partial charge in [0.25, 0.3) is 0 Å². The van der Waals surface area contributed by atoms with Gasteiger partial charge in [-0.2, -0.15) is 0 Å². The van der Waals surface area contributed by atoms with Gasteiger partial charge in [-0.3, -0.25) is 9.89 Å². The maximum Gasteiger partial charge on any atom is 0.126 e. The van der Waals surface area contributed by atoms with E-state index < -0.39 is 0 Å². The molecular formula is C6H12N2O. The molecule has 0 radical (unpaired) electrons. The number of aliphatic hydroxyl groups is 1. The lowest BCUT2D eigenvalue weighted by Crippen LogP contribution is -2.33. The molecule has 1 aliphatic heterocycles. The summed E-state index contributed by atoms with van der Waals surface area (Å²) in [4.78, 5) is 5.88. The Morgan fingerprint density at radius 3 is 3.33 bits per heavy atom. The maximum absolute atomic E-state index is 9.17. The molecule has 0 saturated carbocycles. The van der Waals surface area contributed by atoms with Crippen LogP contribution in [-0.2, 0) is 0 Å². The largest absolute Gasteiger partial charge is 0.376 e. The molecule has 0 aromatic rings. The van der Waals surface area contributed by atoms with E-state index in [9.17, 15) is 0 Å². The van der Waals surface area contributed by atoms with Gasteiger partial charge in [-0.05, 0) is 13.5 Å². The van der Waals surface area contributed by atoms with E-state index in [0.717, 1.165) is 13.0 Å². The van der Waals surface area contributed by atoms with E-state index >= 15 is 0 Å². The van der Waals surface area contributed by atoms with Crippen molar-refractivity contribution in [2.45, 2.75) is 12.6 Å². The lowest BCUT2D eigenvalue weighted by molar-refractivity contribution is 0.0351. The Labute approximate surface area is 55.0 Å². The van der Waals surface area contributed by atoms with Gasteiger partial charge in [-0.15, -0.1) is 0 Å². The first kappa shape index (κ1) is 6.71. The summed E-state index contributed by atoms with van der Waals surface area (Å²) in [6, 6.07) is 0. The summed E-state index contributed by atoms with van der Waals surface area (Å²) in [5.41, 5.74) is 0. The van der Waals surface area contributed by atoms with Gasteiger partial charge < -0.3 is 5.11 Å². The van der Waals surface area contributed by atoms with Gasteiger partial charge in [0.05, 0.1) is 6.54 Å². The predicted octanol–water partition coefficient (Wildman–Crippen LogP) is -0.289. The van der Waals surface area contributed by atoms with E-state index in [-0.39, 0.29) is 6.23 Å². The fourth-order valence-electron chi connectivity index (χ4n) is 0.810. The second kappa shape index (κ2) is 2.94. The van der Waals surface area contributed by atoms with E-state index in [4.69, 9.17) is 5.11 Å². The number of likely N-dealkylation sites (N-methyl/N-ethyl adjacent to an activating group) is 1. The number of aliphatic imine (C=N–C) groups is 1. The monoisotopic (exact) mass is 128 g/mol. The third kappa shape index (κ3) is 1.77. The highest BCUT2D eigenvalue weighted by Crippen LogP contribution is 1.97. The zero-order chi connectivity index (χ0) is 6.69. The number of hydrogen-bond donors (Lipinski definition) is 1. The van der Waals surface area contributed by atoms with Gasteiger partial charge >= 0.3 is 0 Å². The molecule has 0 saturated heterocycles. The van der Waals surface area contributed by atoms with E-state index in [1.54, 1.807) is 0 Å². The SMILES string of the molecule is CN1CCC=NCC1O. The number of hydrogen-bond acceptors (Lipinski definition) is 3. The van der Waals surface area contributed by atoms with Gasteiger partial charge in [-0.25, -0.2) is 0 Å². The summed E-state index contributed by atoms with van der Waals surface area (Å²) in [5.74, 6) is 0. The molecule has 0 amide bonds. The van der Waals surface area contributed by atoms with Crippen LogP contribution in [0.15, 0.2) is 4.99 Å². The van der Waals surface area contributed by atoms with E-state index in [2.05, 4.69) is 4.99 Å². The summed E-state index contributed by atoms with van der Waals surface area (Å²) in [6.45, 7) is 1.43. The Balaban J connectivity index is 2.42. The fraction of sp³-hybridized carbons (Fsp3) is 0.833. The first-order valence-electron chi connectivity index (χ1n) is 3.17. The molecule has 0 bridgehead atoms. The summed E-state index contributed by atoms with van der Waals surface area (Å²) in [5, 5.41) is 9.17. The molecule has 1 aliphatic rings. The van der Waals surface area contributed by atoms with E-state index in [1.165, 1.54) is 0 Å². The Morgan fingerprint density at radius 2 is 2.56 bits per heavy atom. The molecule has 0 spiro atoms. The highest BCUT2D eigenvalue weighted by molar-refractivity contribution is 5.57. The smallest absolute Gasteiger partial charge is 0.126 e. The van der Waals surface area contributed by atoms with Crippen LogP contribution in [0.1, 0.15) is 6.42 Å². The second-order valence-electron chi connectivity index (χ2n) is 2.30. The minimum atomic E-state index is -0.372. The second-order valence-corrected chi connectivity index (χ2v) is 2.30. The molecule has 9 heavy (non-hydrogen) atoms. The number of aliphatic hydroxyl groups excluding tert-OH is 1. The van der Waals surface area contributed by atoms with E-state index in [0.29, 0.717) is 6.54 Å². The Morgan fingerprint density at radius 1 is 1.78 bits per heavy atom. The zero-order valence-electron chi connectivity index (χ0n) is 5.62. The molecule has 1 N–H and O–H groups in total. The molecule has 0 aromatic heterocycles. The van der Waals surface area contributed by atoms with Crippen LogP contribution in [-0.4, -0.2) is 42.6 Å². The van der Waals surface area contributed by atoms with Crippen molar-refractivity contribution in [1.82, 2.24) is 4.90 Å². The normalized spacial score (nSPS) is 30.2. The van der Waals surface area contributed by atoms with Crippen molar-refractivity contribution in [3.8, 4) is 0 Å². The molecule has 0 aromatic carbocycles. The van der Waals surface area contributed by atoms with Gasteiger partial charge in [0.1, 0.15) is 6.23 Å². The van der Waals surface area contributed by atoms with Gasteiger partial charge in [0, 0.05) is 12.8 Å². The van der Waals surface area contributed by atoms with Crippen LogP contribution < -0.4 is 0 Å². The van der Waals surface area contributed by atoms with Crippen LogP contribution in [0.2, 0.25) is 0 Å². The predicted molar refractivity (Wildman–Crippen MR) is 36.6 cm³/mol. The molecule has 3 heteroatoms. The first-order valence-corrected chi connectivity index (χ1v) is 3.17. The molecule has 0 fully saturated rings. The van der Waals surface area contributed by atoms with E-state index in [1.807, 2.05) is 18.2 Å². The van der Waals surface area contributed by atoms with Crippen LogP contribution in [0.4, 0.5) is 0 Å². The van der Waals surface area contributed by atoms with Crippen molar-refractivity contribution in [3.05, 3.63) is 0 Å². The highest BCUT2D eigenvalue weighted by Gasteiger charge is 2.10. The van der Waals surface area contributed by atoms with Crippen molar-refractivity contribution >= 4 is 6.21 Å². The van der Waals surface area contributed by atoms with Crippen LogP contribution in [0.25, 0.3) is 0 Å². The molecule has 3 nitrogen and oxygen atoms in total. The maximum atomic E-state index is 9.17. The molecule has 1 heterocycles. The average molecular weight is 128 g/mol. The minimum absolute atomic E-state index is 0.372. The van der Waals surface area contributed by atoms with Gasteiger partial charge in [0.2, 0.25) is 0 Å². The lowest BCUT2D eigenvalue weighted by Gasteiger charge is -2.18. The lowest BCUT2D eigenvalue weighted by atomic mass is 10.4. The van der Waals surface area contributed by atoms with Crippen molar-refractivity contribution in [3.63, 3.8) is 0 Å². The standard InChI is InChI=1S/C6H12N2O/c1-8-4-2-3-7-5-6(8)9/h3,6,9H,2,4-5H2,1H3. The third-order valence-electron chi connectivity index (χ3n) is 1.52. The quantitative estimate of drug-likeness (QED) is 0.486. The summed E-state index contributed by atoms with van der Waals surface area (Å²) in [6.07, 6.45) is 2.45. The first-order chi connectivity index (χ1) is 4.30. The van der Waals surface area contributed by atoms with Crippen molar-refractivity contribution in [1.29, 1.82) is 0 Å². The molecular weight excluding hydrogens is 116 g/mol. The summed E-state index contributed by atoms with van der Waals surface area (Å²) < 4.78 is 0. The number of nitrogens with zero attached hydrogens (tertiary/aromatic N) is 2. The van der Waals surface area contributed by atoms with Crippen LogP contribution >= 0.6 is 0 Å².